The standard InChI is InChI=1S/C15H13ClN2OS/c16-13-7-2-1-6-12(13)15-18(14(19)10-20-15)9-11-5-3-4-8-17-11/h1-8,15H,9-10H2. The van der Waals surface area contributed by atoms with Crippen molar-refractivity contribution in [2.75, 3.05) is 5.75 Å². The molecule has 1 aromatic heterocycles. The normalized spacial score (nSPS) is 18.6. The van der Waals surface area contributed by atoms with Crippen molar-refractivity contribution in [2.24, 2.45) is 0 Å². The molecule has 0 N–H and O–H groups in total. The van der Waals surface area contributed by atoms with E-state index in [1.165, 1.54) is 0 Å². The summed E-state index contributed by atoms with van der Waals surface area (Å²) in [7, 11) is 0. The van der Waals surface area contributed by atoms with E-state index in [1.54, 1.807) is 18.0 Å². The molecule has 0 saturated carbocycles. The number of carbonyl (C=O) groups excluding carboxylic acids is 1. The fourth-order valence-electron chi connectivity index (χ4n) is 2.22. The SMILES string of the molecule is O=C1CSC(c2ccccc2Cl)N1Cc1ccccn1. The number of rotatable bonds is 3. The van der Waals surface area contributed by atoms with Crippen LogP contribution >= 0.6 is 23.4 Å². The van der Waals surface area contributed by atoms with Gasteiger partial charge in [-0.15, -0.1) is 11.8 Å². The van der Waals surface area contributed by atoms with Gasteiger partial charge in [0.25, 0.3) is 0 Å². The minimum absolute atomic E-state index is 0.0294. The van der Waals surface area contributed by atoms with Crippen molar-refractivity contribution in [3.63, 3.8) is 0 Å². The molecule has 0 spiro atoms. The van der Waals surface area contributed by atoms with Crippen LogP contribution in [-0.2, 0) is 11.3 Å². The van der Waals surface area contributed by atoms with E-state index in [9.17, 15) is 4.79 Å². The minimum Gasteiger partial charge on any atom is -0.320 e. The number of pyridine rings is 1. The van der Waals surface area contributed by atoms with Gasteiger partial charge in [-0.25, -0.2) is 0 Å². The average Bonchev–Trinajstić information content (AvgIpc) is 2.82. The van der Waals surface area contributed by atoms with Gasteiger partial charge in [0.1, 0.15) is 5.37 Å². The maximum absolute atomic E-state index is 12.1. The second-order valence-electron chi connectivity index (χ2n) is 4.53. The zero-order valence-corrected chi connectivity index (χ0v) is 12.3. The lowest BCUT2D eigenvalue weighted by atomic mass is 10.2. The number of benzene rings is 1. The molecule has 3 nitrogen and oxygen atoms in total. The quantitative estimate of drug-likeness (QED) is 0.870. The highest BCUT2D eigenvalue weighted by atomic mass is 35.5. The van der Waals surface area contributed by atoms with E-state index in [0.717, 1.165) is 11.3 Å². The molecule has 1 fully saturated rings. The van der Waals surface area contributed by atoms with Crippen molar-refractivity contribution < 1.29 is 4.79 Å². The molecule has 102 valence electrons. The zero-order chi connectivity index (χ0) is 13.9. The first-order valence-electron chi connectivity index (χ1n) is 6.31. The molecule has 1 aromatic carbocycles. The second-order valence-corrected chi connectivity index (χ2v) is 6.00. The summed E-state index contributed by atoms with van der Waals surface area (Å²) in [6.07, 6.45) is 1.74. The number of halogens is 1. The largest absolute Gasteiger partial charge is 0.320 e. The van der Waals surface area contributed by atoms with Crippen molar-refractivity contribution in [2.45, 2.75) is 11.9 Å². The van der Waals surface area contributed by atoms with Crippen LogP contribution in [0.3, 0.4) is 0 Å². The maximum atomic E-state index is 12.1. The fraction of sp³-hybridized carbons (Fsp3) is 0.200. The van der Waals surface area contributed by atoms with Gasteiger partial charge >= 0.3 is 0 Å². The van der Waals surface area contributed by atoms with Gasteiger partial charge in [-0.3, -0.25) is 9.78 Å². The number of carbonyl (C=O) groups is 1. The van der Waals surface area contributed by atoms with Gasteiger partial charge < -0.3 is 4.90 Å². The number of hydrogen-bond donors (Lipinski definition) is 0. The Balaban J connectivity index is 1.88. The van der Waals surface area contributed by atoms with Gasteiger partial charge in [0.2, 0.25) is 5.91 Å². The Morgan fingerprint density at radius 2 is 2.05 bits per heavy atom. The van der Waals surface area contributed by atoms with Crippen molar-refractivity contribution in [1.29, 1.82) is 0 Å². The average molecular weight is 305 g/mol. The van der Waals surface area contributed by atoms with Crippen LogP contribution in [0.25, 0.3) is 0 Å². The molecule has 5 heteroatoms. The Morgan fingerprint density at radius 3 is 2.80 bits per heavy atom. The lowest BCUT2D eigenvalue weighted by Crippen LogP contribution is -2.28. The van der Waals surface area contributed by atoms with Crippen molar-refractivity contribution >= 4 is 29.3 Å². The molecule has 0 bridgehead atoms. The minimum atomic E-state index is -0.0294. The summed E-state index contributed by atoms with van der Waals surface area (Å²) in [5, 5.41) is 0.670. The van der Waals surface area contributed by atoms with Gasteiger partial charge in [0.15, 0.2) is 0 Å². The Bertz CT molecular complexity index is 620. The smallest absolute Gasteiger partial charge is 0.234 e. The van der Waals surface area contributed by atoms with E-state index >= 15 is 0 Å². The first kappa shape index (κ1) is 13.5. The molecule has 2 aromatic rings. The summed E-state index contributed by atoms with van der Waals surface area (Å²) >= 11 is 7.86. The summed E-state index contributed by atoms with van der Waals surface area (Å²) in [5.74, 6) is 0.619. The number of nitrogens with zero attached hydrogens (tertiary/aromatic N) is 2. The molecule has 3 rings (SSSR count). The molecule has 1 aliphatic rings. The molecular weight excluding hydrogens is 292 g/mol. The highest BCUT2D eigenvalue weighted by Crippen LogP contribution is 2.41. The molecule has 1 amide bonds. The summed E-state index contributed by atoms with van der Waals surface area (Å²) < 4.78 is 0. The van der Waals surface area contributed by atoms with Crippen LogP contribution in [0.1, 0.15) is 16.6 Å². The highest BCUT2D eigenvalue weighted by molar-refractivity contribution is 8.00. The summed E-state index contributed by atoms with van der Waals surface area (Å²) in [6, 6.07) is 13.4. The van der Waals surface area contributed by atoms with Gasteiger partial charge in [-0.1, -0.05) is 35.9 Å². The molecule has 1 saturated heterocycles. The molecule has 0 aliphatic carbocycles. The third-order valence-corrected chi connectivity index (χ3v) is 4.78. The molecule has 1 unspecified atom stereocenters. The first-order chi connectivity index (χ1) is 9.75. The van der Waals surface area contributed by atoms with E-state index in [2.05, 4.69) is 4.98 Å². The molecular formula is C15H13ClN2OS. The van der Waals surface area contributed by atoms with Crippen LogP contribution in [0.15, 0.2) is 48.7 Å². The number of thioether (sulfide) groups is 1. The van der Waals surface area contributed by atoms with Crippen LogP contribution < -0.4 is 0 Å². The molecule has 1 aliphatic heterocycles. The van der Waals surface area contributed by atoms with E-state index < -0.39 is 0 Å². The Labute approximate surface area is 127 Å². The van der Waals surface area contributed by atoms with E-state index in [4.69, 9.17) is 11.6 Å². The molecule has 20 heavy (non-hydrogen) atoms. The number of hydrogen-bond acceptors (Lipinski definition) is 3. The van der Waals surface area contributed by atoms with E-state index in [-0.39, 0.29) is 11.3 Å². The Kier molecular flexibility index (Phi) is 3.94. The summed E-state index contributed by atoms with van der Waals surface area (Å²) in [4.78, 5) is 18.2. The van der Waals surface area contributed by atoms with E-state index in [1.807, 2.05) is 47.4 Å². The van der Waals surface area contributed by atoms with Crippen LogP contribution in [0, 0.1) is 0 Å². The van der Waals surface area contributed by atoms with Crippen LogP contribution in [0.2, 0.25) is 5.02 Å². The maximum Gasteiger partial charge on any atom is 0.234 e. The monoisotopic (exact) mass is 304 g/mol. The van der Waals surface area contributed by atoms with Gasteiger partial charge in [0.05, 0.1) is 18.0 Å². The number of aromatic nitrogens is 1. The highest BCUT2D eigenvalue weighted by Gasteiger charge is 2.33. The van der Waals surface area contributed by atoms with Gasteiger partial charge in [0, 0.05) is 16.8 Å². The lowest BCUT2D eigenvalue weighted by Gasteiger charge is -2.24. The van der Waals surface area contributed by atoms with Crippen molar-refractivity contribution in [3.8, 4) is 0 Å². The lowest BCUT2D eigenvalue weighted by molar-refractivity contribution is -0.128. The van der Waals surface area contributed by atoms with Crippen LogP contribution in [0.4, 0.5) is 0 Å². The Morgan fingerprint density at radius 1 is 1.25 bits per heavy atom. The second kappa shape index (κ2) is 5.85. The third kappa shape index (κ3) is 2.67. The summed E-state index contributed by atoms with van der Waals surface area (Å²) in [5.41, 5.74) is 1.88. The Hall–Kier alpha value is -1.52. The van der Waals surface area contributed by atoms with Crippen LogP contribution in [-0.4, -0.2) is 21.5 Å². The predicted molar refractivity (Wildman–Crippen MR) is 81.4 cm³/mol. The first-order valence-corrected chi connectivity index (χ1v) is 7.74. The van der Waals surface area contributed by atoms with Gasteiger partial charge in [-0.2, -0.15) is 0 Å². The molecule has 2 heterocycles. The van der Waals surface area contributed by atoms with Crippen molar-refractivity contribution in [1.82, 2.24) is 9.88 Å². The molecule has 0 radical (unpaired) electrons. The summed E-state index contributed by atoms with van der Waals surface area (Å²) in [6.45, 7) is 0.516. The van der Waals surface area contributed by atoms with E-state index in [0.29, 0.717) is 17.3 Å². The van der Waals surface area contributed by atoms with Crippen LogP contribution in [0.5, 0.6) is 0 Å². The molecule has 1 atom stereocenters. The van der Waals surface area contributed by atoms with Gasteiger partial charge in [-0.05, 0) is 18.2 Å². The number of amides is 1. The van der Waals surface area contributed by atoms with Crippen molar-refractivity contribution in [3.05, 3.63) is 64.9 Å². The topological polar surface area (TPSA) is 33.2 Å². The predicted octanol–water partition coefficient (Wildman–Crippen LogP) is 3.51. The third-order valence-electron chi connectivity index (χ3n) is 3.20. The fourth-order valence-corrected chi connectivity index (χ4v) is 3.75. The zero-order valence-electron chi connectivity index (χ0n) is 10.7.